The van der Waals surface area contributed by atoms with Crippen LogP contribution in [-0.4, -0.2) is 24.1 Å². The Morgan fingerprint density at radius 3 is 0.951 bits per heavy atom. The van der Waals surface area contributed by atoms with E-state index in [1.807, 2.05) is 72.8 Å². The van der Waals surface area contributed by atoms with Gasteiger partial charge in [0.25, 0.3) is 0 Å². The third-order valence-corrected chi connectivity index (χ3v) is 15.8. The van der Waals surface area contributed by atoms with Gasteiger partial charge in [0.1, 0.15) is 6.07 Å². The molecule has 0 aliphatic carbocycles. The van der Waals surface area contributed by atoms with Crippen molar-refractivity contribution in [2.45, 2.75) is 0 Å². The van der Waals surface area contributed by atoms with Crippen LogP contribution in [0.15, 0.2) is 291 Å². The van der Waals surface area contributed by atoms with Crippen molar-refractivity contribution in [2.75, 3.05) is 0 Å². The van der Waals surface area contributed by atoms with E-state index in [9.17, 15) is 5.26 Å². The molecule has 0 bridgehead atoms. The number of hydrogen-bond acceptors (Lipinski definition) is 4. The zero-order chi connectivity index (χ0) is 54.5. The molecule has 15 aromatic rings. The molecule has 3 aromatic heterocycles. The highest BCUT2D eigenvalue weighted by atomic mass is 15.0. The predicted octanol–water partition coefficient (Wildman–Crippen LogP) is 19.3. The van der Waals surface area contributed by atoms with Crippen LogP contribution in [0, 0.1) is 11.3 Å². The van der Waals surface area contributed by atoms with E-state index in [1.165, 1.54) is 0 Å². The first-order valence-electron chi connectivity index (χ1n) is 27.6. The SMILES string of the molecule is N#Cc1cccc(-c2cc(-c3nc(-c4ccccc4)nc(-c4ccccc4)n3)ccc2-n2c3ccc(-c4ccccc4)cc3c3cc(-c4ccccc4)ccc32)c1-n1c2ccc(-c3ccccc3)cc2c2cc(-c3ccccc3)ccc21. The highest BCUT2D eigenvalue weighted by molar-refractivity contribution is 6.14. The molecule has 82 heavy (non-hydrogen) atoms. The average Bonchev–Trinajstić information content (AvgIpc) is 3.90. The maximum absolute atomic E-state index is 11.5. The molecule has 0 saturated heterocycles. The summed E-state index contributed by atoms with van der Waals surface area (Å²) in [6, 6.07) is 105. The molecule has 6 nitrogen and oxygen atoms in total. The minimum absolute atomic E-state index is 0.527. The molecule has 0 aliphatic heterocycles. The molecular weight excluding hydrogens is 997 g/mol. The zero-order valence-electron chi connectivity index (χ0n) is 44.4. The lowest BCUT2D eigenvalue weighted by molar-refractivity contribution is 1.07. The quantitative estimate of drug-likeness (QED) is 0.137. The van der Waals surface area contributed by atoms with Gasteiger partial charge in [-0.25, -0.2) is 15.0 Å². The molecule has 12 aromatic carbocycles. The summed E-state index contributed by atoms with van der Waals surface area (Å²) >= 11 is 0. The normalized spacial score (nSPS) is 11.4. The third-order valence-electron chi connectivity index (χ3n) is 15.8. The summed E-state index contributed by atoms with van der Waals surface area (Å²) in [4.78, 5) is 15.6. The van der Waals surface area contributed by atoms with E-state index in [2.05, 4.69) is 234 Å². The molecule has 6 heteroatoms. The molecule has 0 radical (unpaired) electrons. The number of rotatable bonds is 10. The van der Waals surface area contributed by atoms with E-state index in [-0.39, 0.29) is 0 Å². The molecule has 0 unspecified atom stereocenters. The minimum Gasteiger partial charge on any atom is -0.309 e. The van der Waals surface area contributed by atoms with Crippen LogP contribution in [0.4, 0.5) is 0 Å². The standard InChI is InChI=1S/C76H48N6/c77-49-61-32-19-33-62(73(61)82-71-41-36-58(52-24-11-3-12-25-52)46-66(71)67-47-59(37-42-72(67)82)53-26-13-4-14-27-53)63-48-60(76-79-74(54-28-15-5-16-29-54)78-75(80-76)55-30-17-6-18-31-55)38-43-68(63)81-69-39-34-56(50-20-7-1-8-21-50)44-64(69)65-45-57(35-40-70(65)81)51-22-9-2-10-23-51/h1-48H. The van der Waals surface area contributed by atoms with Gasteiger partial charge in [0.15, 0.2) is 17.5 Å². The van der Waals surface area contributed by atoms with Gasteiger partial charge in [0.05, 0.1) is 39.0 Å². The van der Waals surface area contributed by atoms with Crippen molar-refractivity contribution in [1.82, 2.24) is 24.1 Å². The van der Waals surface area contributed by atoms with Crippen LogP contribution in [0.1, 0.15) is 5.56 Å². The van der Waals surface area contributed by atoms with Crippen molar-refractivity contribution in [3.8, 4) is 107 Å². The lowest BCUT2D eigenvalue weighted by atomic mass is 9.95. The maximum Gasteiger partial charge on any atom is 0.164 e. The first kappa shape index (κ1) is 47.9. The van der Waals surface area contributed by atoms with Crippen LogP contribution in [0.5, 0.6) is 0 Å². The van der Waals surface area contributed by atoms with Gasteiger partial charge < -0.3 is 9.13 Å². The minimum atomic E-state index is 0.527. The van der Waals surface area contributed by atoms with Gasteiger partial charge in [-0.3, -0.25) is 0 Å². The lowest BCUT2D eigenvalue weighted by Crippen LogP contribution is -2.05. The highest BCUT2D eigenvalue weighted by Crippen LogP contribution is 2.45. The predicted molar refractivity (Wildman–Crippen MR) is 337 cm³/mol. The molecule has 0 aliphatic rings. The Kier molecular flexibility index (Phi) is 11.8. The Balaban J connectivity index is 1.04. The Morgan fingerprint density at radius 2 is 0.585 bits per heavy atom. The number of nitrogens with zero attached hydrogens (tertiary/aromatic N) is 6. The molecule has 0 amide bonds. The van der Waals surface area contributed by atoms with E-state index < -0.39 is 0 Å². The Morgan fingerprint density at radius 1 is 0.256 bits per heavy atom. The Bertz CT molecular complexity index is 4700. The second-order valence-electron chi connectivity index (χ2n) is 20.6. The van der Waals surface area contributed by atoms with Crippen LogP contribution < -0.4 is 0 Å². The van der Waals surface area contributed by atoms with Crippen LogP contribution in [0.2, 0.25) is 0 Å². The van der Waals surface area contributed by atoms with Crippen molar-refractivity contribution >= 4 is 43.6 Å². The van der Waals surface area contributed by atoms with Gasteiger partial charge in [-0.05, 0) is 117 Å². The largest absolute Gasteiger partial charge is 0.309 e. The number of benzene rings is 12. The number of aromatic nitrogens is 5. The molecule has 0 fully saturated rings. The van der Waals surface area contributed by atoms with Crippen LogP contribution in [0.25, 0.3) is 145 Å². The van der Waals surface area contributed by atoms with Gasteiger partial charge in [0.2, 0.25) is 0 Å². The second-order valence-corrected chi connectivity index (χ2v) is 20.6. The second kappa shape index (κ2) is 20.2. The molecule has 0 N–H and O–H groups in total. The fraction of sp³-hybridized carbons (Fsp3) is 0. The highest BCUT2D eigenvalue weighted by Gasteiger charge is 2.25. The number of fused-ring (bicyclic) bond motifs is 6. The van der Waals surface area contributed by atoms with E-state index in [1.54, 1.807) is 0 Å². The first-order chi connectivity index (χ1) is 40.6. The molecular formula is C76H48N6. The smallest absolute Gasteiger partial charge is 0.164 e. The van der Waals surface area contributed by atoms with E-state index in [0.717, 1.165) is 127 Å². The molecule has 0 spiro atoms. The van der Waals surface area contributed by atoms with Gasteiger partial charge in [-0.2, -0.15) is 5.26 Å². The fourth-order valence-corrected chi connectivity index (χ4v) is 11.9. The van der Waals surface area contributed by atoms with Gasteiger partial charge >= 0.3 is 0 Å². The van der Waals surface area contributed by atoms with Gasteiger partial charge in [-0.1, -0.05) is 218 Å². The molecule has 382 valence electrons. The summed E-state index contributed by atoms with van der Waals surface area (Å²) < 4.78 is 4.71. The maximum atomic E-state index is 11.5. The summed E-state index contributed by atoms with van der Waals surface area (Å²) in [5, 5.41) is 15.9. The number of hydrogen-bond donors (Lipinski definition) is 0. The number of nitriles is 1. The van der Waals surface area contributed by atoms with Crippen LogP contribution in [0.3, 0.4) is 0 Å². The topological polar surface area (TPSA) is 72.3 Å². The summed E-state index contributed by atoms with van der Waals surface area (Å²) in [6.07, 6.45) is 0. The molecule has 0 atom stereocenters. The monoisotopic (exact) mass is 1040 g/mol. The Hall–Kier alpha value is -11.3. The lowest BCUT2D eigenvalue weighted by Gasteiger charge is -2.20. The summed E-state index contributed by atoms with van der Waals surface area (Å²) in [7, 11) is 0. The van der Waals surface area contributed by atoms with E-state index in [4.69, 9.17) is 15.0 Å². The molecule has 0 saturated carbocycles. The van der Waals surface area contributed by atoms with Crippen LogP contribution >= 0.6 is 0 Å². The summed E-state index contributed by atoms with van der Waals surface area (Å²) in [5.74, 6) is 1.67. The van der Waals surface area contributed by atoms with Crippen molar-refractivity contribution in [1.29, 1.82) is 5.26 Å². The van der Waals surface area contributed by atoms with E-state index >= 15 is 0 Å². The van der Waals surface area contributed by atoms with Crippen molar-refractivity contribution < 1.29 is 0 Å². The number of para-hydroxylation sites is 1. The van der Waals surface area contributed by atoms with Crippen LogP contribution in [-0.2, 0) is 0 Å². The zero-order valence-corrected chi connectivity index (χ0v) is 44.4. The fourth-order valence-electron chi connectivity index (χ4n) is 11.9. The summed E-state index contributed by atoms with van der Waals surface area (Å²) in [5.41, 5.74) is 19.7. The third kappa shape index (κ3) is 8.40. The summed E-state index contributed by atoms with van der Waals surface area (Å²) in [6.45, 7) is 0. The first-order valence-corrected chi connectivity index (χ1v) is 27.6. The Labute approximate surface area is 474 Å². The molecule has 15 rings (SSSR count). The average molecular weight is 1050 g/mol. The van der Waals surface area contributed by atoms with E-state index in [0.29, 0.717) is 23.0 Å². The van der Waals surface area contributed by atoms with Gasteiger partial charge in [0, 0.05) is 49.4 Å². The van der Waals surface area contributed by atoms with Gasteiger partial charge in [-0.15, -0.1) is 0 Å². The van der Waals surface area contributed by atoms with Crippen molar-refractivity contribution in [3.05, 3.63) is 297 Å². The van der Waals surface area contributed by atoms with Crippen molar-refractivity contribution in [3.63, 3.8) is 0 Å². The molecule has 3 heterocycles. The van der Waals surface area contributed by atoms with Crippen molar-refractivity contribution in [2.24, 2.45) is 0 Å².